The second-order valence-corrected chi connectivity index (χ2v) is 4.11. The molecule has 0 aliphatic carbocycles. The standard InChI is InChI=1S/C12H8ClSi/c13-11-6-10(7-12(14)8-11)9-4-2-1-3-5-9/h1-8H. The van der Waals surface area contributed by atoms with Crippen molar-refractivity contribution in [3.05, 3.63) is 53.6 Å². The van der Waals surface area contributed by atoms with E-state index in [1.807, 2.05) is 30.3 Å². The number of hydrogen-bond acceptors (Lipinski definition) is 0. The van der Waals surface area contributed by atoms with Gasteiger partial charge in [-0.15, -0.1) is 0 Å². The van der Waals surface area contributed by atoms with Gasteiger partial charge in [-0.1, -0.05) is 53.2 Å². The topological polar surface area (TPSA) is 0 Å². The van der Waals surface area contributed by atoms with E-state index >= 15 is 0 Å². The lowest BCUT2D eigenvalue weighted by Gasteiger charge is -2.03. The van der Waals surface area contributed by atoms with E-state index < -0.39 is 0 Å². The lowest BCUT2D eigenvalue weighted by Crippen LogP contribution is -2.01. The fraction of sp³-hybridized carbons (Fsp3) is 0. The van der Waals surface area contributed by atoms with Crippen LogP contribution in [0.4, 0.5) is 0 Å². The van der Waals surface area contributed by atoms with E-state index in [-0.39, 0.29) is 0 Å². The molecule has 0 heterocycles. The highest BCUT2D eigenvalue weighted by atomic mass is 35.5. The van der Waals surface area contributed by atoms with Crippen LogP contribution in [0.2, 0.25) is 5.02 Å². The summed E-state index contributed by atoms with van der Waals surface area (Å²) in [6, 6.07) is 16.1. The molecule has 0 aliphatic heterocycles. The Labute approximate surface area is 92.0 Å². The molecule has 0 atom stereocenters. The molecule has 0 aliphatic rings. The van der Waals surface area contributed by atoms with E-state index in [1.165, 1.54) is 5.56 Å². The van der Waals surface area contributed by atoms with Crippen molar-refractivity contribution < 1.29 is 0 Å². The lowest BCUT2D eigenvalue weighted by atomic mass is 10.1. The van der Waals surface area contributed by atoms with Crippen molar-refractivity contribution in [3.8, 4) is 11.1 Å². The quantitative estimate of drug-likeness (QED) is 0.642. The van der Waals surface area contributed by atoms with Crippen molar-refractivity contribution >= 4 is 27.0 Å². The van der Waals surface area contributed by atoms with Gasteiger partial charge in [-0.05, 0) is 23.3 Å². The predicted octanol–water partition coefficient (Wildman–Crippen LogP) is 2.80. The van der Waals surface area contributed by atoms with E-state index in [0.29, 0.717) is 0 Å². The van der Waals surface area contributed by atoms with Crippen LogP contribution in [-0.2, 0) is 0 Å². The minimum atomic E-state index is 0.747. The first kappa shape index (κ1) is 9.50. The van der Waals surface area contributed by atoms with Crippen LogP contribution in [0.5, 0.6) is 0 Å². The van der Waals surface area contributed by atoms with Gasteiger partial charge in [-0.2, -0.15) is 0 Å². The van der Waals surface area contributed by atoms with E-state index in [0.717, 1.165) is 15.8 Å². The van der Waals surface area contributed by atoms with Crippen molar-refractivity contribution in [2.75, 3.05) is 0 Å². The average molecular weight is 216 g/mol. The molecule has 0 amide bonds. The summed E-state index contributed by atoms with van der Waals surface area (Å²) in [7, 11) is 3.48. The molecule has 0 bridgehead atoms. The Hall–Kier alpha value is -1.05. The van der Waals surface area contributed by atoms with Crippen LogP contribution in [0.25, 0.3) is 11.1 Å². The zero-order valence-corrected chi connectivity index (χ0v) is 9.25. The van der Waals surface area contributed by atoms with Crippen LogP contribution in [0.3, 0.4) is 0 Å². The third kappa shape index (κ3) is 2.06. The Bertz CT molecular complexity index is 417. The molecule has 2 rings (SSSR count). The maximum atomic E-state index is 5.97. The summed E-state index contributed by atoms with van der Waals surface area (Å²) in [5, 5.41) is 1.74. The summed E-state index contributed by atoms with van der Waals surface area (Å²) >= 11 is 5.97. The SMILES string of the molecule is [Si]c1cc(Cl)cc(-c2ccccc2)c1. The molecule has 0 saturated heterocycles. The molecule has 14 heavy (non-hydrogen) atoms. The second kappa shape index (κ2) is 3.99. The maximum Gasteiger partial charge on any atom is 0.0712 e. The Balaban J connectivity index is 2.52. The molecule has 0 N–H and O–H groups in total. The summed E-state index contributed by atoms with van der Waals surface area (Å²) in [5.41, 5.74) is 2.30. The van der Waals surface area contributed by atoms with E-state index in [1.54, 1.807) is 0 Å². The Morgan fingerprint density at radius 1 is 0.857 bits per heavy atom. The van der Waals surface area contributed by atoms with Crippen molar-refractivity contribution in [2.45, 2.75) is 0 Å². The summed E-state index contributed by atoms with van der Waals surface area (Å²) < 4.78 is 0. The van der Waals surface area contributed by atoms with Crippen LogP contribution in [0, 0.1) is 0 Å². The highest BCUT2D eigenvalue weighted by molar-refractivity contribution is 6.36. The molecule has 3 radical (unpaired) electrons. The van der Waals surface area contributed by atoms with Gasteiger partial charge < -0.3 is 0 Å². The van der Waals surface area contributed by atoms with E-state index in [9.17, 15) is 0 Å². The number of benzene rings is 2. The van der Waals surface area contributed by atoms with Gasteiger partial charge in [-0.3, -0.25) is 0 Å². The molecule has 67 valence electrons. The monoisotopic (exact) mass is 215 g/mol. The molecule has 2 aromatic carbocycles. The molecule has 0 aromatic heterocycles. The van der Waals surface area contributed by atoms with Crippen LogP contribution < -0.4 is 5.19 Å². The Morgan fingerprint density at radius 2 is 1.57 bits per heavy atom. The van der Waals surface area contributed by atoms with Gasteiger partial charge in [0.05, 0.1) is 10.2 Å². The van der Waals surface area contributed by atoms with Gasteiger partial charge >= 0.3 is 0 Å². The molecule has 0 saturated carbocycles. The maximum absolute atomic E-state index is 5.97. The van der Waals surface area contributed by atoms with Gasteiger partial charge in [0.2, 0.25) is 0 Å². The number of rotatable bonds is 1. The minimum Gasteiger partial charge on any atom is -0.0843 e. The summed E-state index contributed by atoms with van der Waals surface area (Å²) in [6.45, 7) is 0. The van der Waals surface area contributed by atoms with Crippen LogP contribution in [-0.4, -0.2) is 10.2 Å². The zero-order valence-electron chi connectivity index (χ0n) is 7.50. The highest BCUT2D eigenvalue weighted by Crippen LogP contribution is 2.20. The van der Waals surface area contributed by atoms with Crippen LogP contribution in [0.15, 0.2) is 48.5 Å². The molecular weight excluding hydrogens is 208 g/mol. The summed E-state index contributed by atoms with van der Waals surface area (Å²) in [6.07, 6.45) is 0. The molecule has 0 spiro atoms. The van der Waals surface area contributed by atoms with Gasteiger partial charge in [0, 0.05) is 5.02 Å². The first-order chi connectivity index (χ1) is 6.75. The second-order valence-electron chi connectivity index (χ2n) is 3.09. The predicted molar refractivity (Wildman–Crippen MR) is 62.3 cm³/mol. The van der Waals surface area contributed by atoms with Crippen LogP contribution in [0.1, 0.15) is 0 Å². The molecular formula is C12H8ClSi. The average Bonchev–Trinajstić information content (AvgIpc) is 2.18. The minimum absolute atomic E-state index is 0.747. The van der Waals surface area contributed by atoms with Crippen molar-refractivity contribution in [1.82, 2.24) is 0 Å². The van der Waals surface area contributed by atoms with Gasteiger partial charge in [0.25, 0.3) is 0 Å². The summed E-state index contributed by atoms with van der Waals surface area (Å²) in [4.78, 5) is 0. The third-order valence-electron chi connectivity index (χ3n) is 2.00. The fourth-order valence-electron chi connectivity index (χ4n) is 1.39. The van der Waals surface area contributed by atoms with Gasteiger partial charge in [-0.25, -0.2) is 0 Å². The molecule has 2 aromatic rings. The first-order valence-electron chi connectivity index (χ1n) is 4.33. The normalized spacial score (nSPS) is 10.1. The highest BCUT2D eigenvalue weighted by Gasteiger charge is 1.98. The molecule has 0 nitrogen and oxygen atoms in total. The van der Waals surface area contributed by atoms with Crippen molar-refractivity contribution in [2.24, 2.45) is 0 Å². The molecule has 0 unspecified atom stereocenters. The van der Waals surface area contributed by atoms with Crippen LogP contribution >= 0.6 is 11.6 Å². The number of halogens is 1. The third-order valence-corrected chi connectivity index (χ3v) is 2.51. The van der Waals surface area contributed by atoms with Gasteiger partial charge in [0.15, 0.2) is 0 Å². The van der Waals surface area contributed by atoms with Crippen molar-refractivity contribution in [3.63, 3.8) is 0 Å². The fourth-order valence-corrected chi connectivity index (χ4v) is 2.02. The van der Waals surface area contributed by atoms with Gasteiger partial charge in [0.1, 0.15) is 0 Å². The van der Waals surface area contributed by atoms with E-state index in [4.69, 9.17) is 11.6 Å². The first-order valence-corrected chi connectivity index (χ1v) is 5.21. The lowest BCUT2D eigenvalue weighted by molar-refractivity contribution is 1.64. The molecule has 0 fully saturated rings. The number of hydrogen-bond donors (Lipinski definition) is 0. The zero-order chi connectivity index (χ0) is 9.97. The Kier molecular flexibility index (Phi) is 2.71. The largest absolute Gasteiger partial charge is 0.0843 e. The van der Waals surface area contributed by atoms with Crippen molar-refractivity contribution in [1.29, 1.82) is 0 Å². The van der Waals surface area contributed by atoms with E-state index in [2.05, 4.69) is 28.4 Å². The Morgan fingerprint density at radius 3 is 2.21 bits per heavy atom. The summed E-state index contributed by atoms with van der Waals surface area (Å²) in [5.74, 6) is 0. The smallest absolute Gasteiger partial charge is 0.0712 e. The molecule has 2 heteroatoms.